The Bertz CT molecular complexity index is 1230. The van der Waals surface area contributed by atoms with Gasteiger partial charge >= 0.3 is 0 Å². The molecule has 0 spiro atoms. The summed E-state index contributed by atoms with van der Waals surface area (Å²) in [6, 6.07) is 10.3. The molecule has 166 valence electrons. The molecule has 1 amide bonds. The maximum atomic E-state index is 13.4. The number of aromatic nitrogens is 2. The number of phenols is 1. The normalized spacial score (nSPS) is 16.6. The molecular formula is C24H27N5O3. The van der Waals surface area contributed by atoms with Gasteiger partial charge in [-0.3, -0.25) is 14.0 Å². The monoisotopic (exact) mass is 433 g/mol. The molecule has 32 heavy (non-hydrogen) atoms. The van der Waals surface area contributed by atoms with E-state index in [-0.39, 0.29) is 16.9 Å². The quantitative estimate of drug-likeness (QED) is 0.475. The van der Waals surface area contributed by atoms with Gasteiger partial charge in [-0.25, -0.2) is 10.4 Å². The highest BCUT2D eigenvalue weighted by Gasteiger charge is 2.26. The van der Waals surface area contributed by atoms with Crippen LogP contribution < -0.4 is 15.9 Å². The van der Waals surface area contributed by atoms with Gasteiger partial charge in [-0.2, -0.15) is 5.10 Å². The highest BCUT2D eigenvalue weighted by Crippen LogP contribution is 2.26. The van der Waals surface area contributed by atoms with Gasteiger partial charge in [0.15, 0.2) is 0 Å². The molecule has 3 aromatic rings. The van der Waals surface area contributed by atoms with Crippen LogP contribution in [0.4, 0.5) is 5.82 Å². The second-order valence-electron chi connectivity index (χ2n) is 8.06. The number of benzene rings is 1. The fourth-order valence-electron chi connectivity index (χ4n) is 4.16. The number of hydrogen-bond acceptors (Lipinski definition) is 6. The summed E-state index contributed by atoms with van der Waals surface area (Å²) in [6.07, 6.45) is 7.30. The summed E-state index contributed by atoms with van der Waals surface area (Å²) in [5.74, 6) is -0.108. The highest BCUT2D eigenvalue weighted by atomic mass is 16.3. The molecule has 0 radical (unpaired) electrons. The van der Waals surface area contributed by atoms with E-state index in [1.54, 1.807) is 18.3 Å². The van der Waals surface area contributed by atoms with Crippen molar-refractivity contribution < 1.29 is 9.90 Å². The number of piperidine rings is 1. The molecule has 1 aromatic carbocycles. The molecule has 1 saturated heterocycles. The minimum Gasteiger partial charge on any atom is -0.507 e. The van der Waals surface area contributed by atoms with Crippen molar-refractivity contribution in [3.8, 4) is 5.75 Å². The van der Waals surface area contributed by atoms with Crippen LogP contribution in [0.15, 0.2) is 52.5 Å². The van der Waals surface area contributed by atoms with Gasteiger partial charge < -0.3 is 10.0 Å². The number of carbonyl (C=O) groups is 1. The third kappa shape index (κ3) is 4.21. The number of para-hydroxylation sites is 1. The van der Waals surface area contributed by atoms with Crippen LogP contribution in [0.25, 0.3) is 5.65 Å². The molecule has 4 rings (SSSR count). The number of phenolic OH excluding ortho intramolecular Hbond substituents is 1. The van der Waals surface area contributed by atoms with Gasteiger partial charge in [0.25, 0.3) is 11.5 Å². The topological polar surface area (TPSA) is 99.3 Å². The van der Waals surface area contributed by atoms with E-state index >= 15 is 0 Å². The zero-order valence-electron chi connectivity index (χ0n) is 18.3. The fourth-order valence-corrected chi connectivity index (χ4v) is 4.16. The van der Waals surface area contributed by atoms with Crippen LogP contribution in [0.1, 0.15) is 54.1 Å². The Morgan fingerprint density at radius 2 is 2.09 bits per heavy atom. The predicted octanol–water partition coefficient (Wildman–Crippen LogP) is 3.24. The van der Waals surface area contributed by atoms with E-state index < -0.39 is 5.91 Å². The van der Waals surface area contributed by atoms with Crippen LogP contribution in [0, 0.1) is 6.92 Å². The molecule has 8 nitrogen and oxygen atoms in total. The first-order valence-corrected chi connectivity index (χ1v) is 10.9. The number of nitrogens with one attached hydrogen (secondary N) is 1. The van der Waals surface area contributed by atoms with Gasteiger partial charge in [-0.1, -0.05) is 25.1 Å². The molecule has 3 heterocycles. The van der Waals surface area contributed by atoms with Crippen molar-refractivity contribution in [3.63, 3.8) is 0 Å². The number of pyridine rings is 1. The third-order valence-electron chi connectivity index (χ3n) is 5.86. The lowest BCUT2D eigenvalue weighted by Crippen LogP contribution is -2.41. The Morgan fingerprint density at radius 3 is 2.88 bits per heavy atom. The lowest BCUT2D eigenvalue weighted by molar-refractivity contribution is 0.0952. The van der Waals surface area contributed by atoms with Crippen molar-refractivity contribution in [2.45, 2.75) is 45.6 Å². The number of hydrazone groups is 1. The second-order valence-corrected chi connectivity index (χ2v) is 8.06. The molecule has 0 aliphatic carbocycles. The van der Waals surface area contributed by atoms with Crippen molar-refractivity contribution in [3.05, 3.63) is 69.6 Å². The van der Waals surface area contributed by atoms with Gasteiger partial charge in [0.1, 0.15) is 22.8 Å². The number of aromatic hydroxyl groups is 1. The molecular weight excluding hydrogens is 406 g/mol. The predicted molar refractivity (Wildman–Crippen MR) is 125 cm³/mol. The van der Waals surface area contributed by atoms with E-state index in [9.17, 15) is 14.7 Å². The van der Waals surface area contributed by atoms with E-state index in [0.717, 1.165) is 37.8 Å². The van der Waals surface area contributed by atoms with Crippen molar-refractivity contribution in [2.24, 2.45) is 5.10 Å². The summed E-state index contributed by atoms with van der Waals surface area (Å²) in [7, 11) is 0. The molecule has 1 aliphatic heterocycles. The molecule has 1 fully saturated rings. The Balaban J connectivity index is 1.75. The molecule has 0 bridgehead atoms. The Morgan fingerprint density at radius 1 is 1.28 bits per heavy atom. The van der Waals surface area contributed by atoms with E-state index in [2.05, 4.69) is 22.4 Å². The van der Waals surface area contributed by atoms with Crippen LogP contribution in [-0.2, 0) is 0 Å². The number of fused-ring (bicyclic) bond motifs is 1. The molecule has 0 saturated carbocycles. The van der Waals surface area contributed by atoms with Gasteiger partial charge in [0.05, 0.1) is 11.8 Å². The summed E-state index contributed by atoms with van der Waals surface area (Å²) in [5, 5.41) is 13.9. The zero-order chi connectivity index (χ0) is 22.7. The van der Waals surface area contributed by atoms with Crippen LogP contribution in [0.5, 0.6) is 5.75 Å². The molecule has 1 atom stereocenters. The van der Waals surface area contributed by atoms with E-state index in [1.165, 1.54) is 22.7 Å². The van der Waals surface area contributed by atoms with Crippen molar-refractivity contribution in [1.82, 2.24) is 14.8 Å². The first-order chi connectivity index (χ1) is 15.5. The number of anilines is 1. The molecule has 8 heteroatoms. The van der Waals surface area contributed by atoms with Crippen LogP contribution in [-0.4, -0.2) is 39.2 Å². The lowest BCUT2D eigenvalue weighted by atomic mass is 9.99. The maximum Gasteiger partial charge on any atom is 0.275 e. The Labute approximate surface area is 186 Å². The zero-order valence-corrected chi connectivity index (χ0v) is 18.3. The third-order valence-corrected chi connectivity index (χ3v) is 5.86. The average molecular weight is 434 g/mol. The maximum absolute atomic E-state index is 13.4. The van der Waals surface area contributed by atoms with Crippen molar-refractivity contribution in [1.29, 1.82) is 0 Å². The minimum absolute atomic E-state index is 0.107. The van der Waals surface area contributed by atoms with Crippen molar-refractivity contribution >= 4 is 23.6 Å². The van der Waals surface area contributed by atoms with Gasteiger partial charge in [0.2, 0.25) is 0 Å². The summed E-state index contributed by atoms with van der Waals surface area (Å²) in [6.45, 7) is 4.87. The Kier molecular flexibility index (Phi) is 6.20. The minimum atomic E-state index is -0.560. The molecule has 1 unspecified atom stereocenters. The van der Waals surface area contributed by atoms with E-state index in [4.69, 9.17) is 4.98 Å². The molecule has 2 aromatic heterocycles. The van der Waals surface area contributed by atoms with Gasteiger partial charge in [0, 0.05) is 18.8 Å². The van der Waals surface area contributed by atoms with E-state index in [0.29, 0.717) is 23.1 Å². The standard InChI is InChI=1S/C24H27N5O3/c1-3-17-8-6-7-13-28(17)22-19(24(32)29-15-16(2)11-12-21(29)26-22)14-25-27-23(31)18-9-4-5-10-20(18)30/h4-5,9-12,14-15,17,30H,3,6-8,13H2,1-2H3,(H,27,31). The van der Waals surface area contributed by atoms with Crippen LogP contribution >= 0.6 is 0 Å². The fraction of sp³-hybridized carbons (Fsp3) is 0.333. The van der Waals surface area contributed by atoms with Gasteiger partial charge in [-0.05, 0) is 56.4 Å². The smallest absolute Gasteiger partial charge is 0.275 e. The SMILES string of the molecule is CCC1CCCCN1c1nc2ccc(C)cn2c(=O)c1C=NNC(=O)c1ccccc1O. The summed E-state index contributed by atoms with van der Waals surface area (Å²) in [4.78, 5) is 32.8. The van der Waals surface area contributed by atoms with Crippen LogP contribution in [0.2, 0.25) is 0 Å². The molecule has 1 aliphatic rings. The summed E-state index contributed by atoms with van der Waals surface area (Å²) >= 11 is 0. The number of carbonyl (C=O) groups excluding carboxylic acids is 1. The van der Waals surface area contributed by atoms with Crippen LogP contribution in [0.3, 0.4) is 0 Å². The second kappa shape index (κ2) is 9.21. The number of nitrogens with zero attached hydrogens (tertiary/aromatic N) is 4. The van der Waals surface area contributed by atoms with E-state index in [1.807, 2.05) is 19.1 Å². The van der Waals surface area contributed by atoms with Crippen molar-refractivity contribution in [2.75, 3.05) is 11.4 Å². The number of hydrogen-bond donors (Lipinski definition) is 2. The first kappa shape index (κ1) is 21.5. The number of rotatable bonds is 5. The first-order valence-electron chi connectivity index (χ1n) is 10.9. The largest absolute Gasteiger partial charge is 0.507 e. The average Bonchev–Trinajstić information content (AvgIpc) is 2.81. The van der Waals surface area contributed by atoms with Gasteiger partial charge in [-0.15, -0.1) is 0 Å². The Hall–Kier alpha value is -3.68. The summed E-state index contributed by atoms with van der Waals surface area (Å²) < 4.78 is 1.51. The summed E-state index contributed by atoms with van der Waals surface area (Å²) in [5.41, 5.74) is 4.11. The number of amides is 1. The lowest BCUT2D eigenvalue weighted by Gasteiger charge is -2.36. The molecule has 2 N–H and O–H groups in total. The highest BCUT2D eigenvalue weighted by molar-refractivity contribution is 5.97. The number of aryl methyl sites for hydroxylation is 1.